The SMILES string of the molecule is CCOc1ccccc1OCC(=O)NNC(=O)CCNS(=O)(=O)c1ccccc1Cl. The van der Waals surface area contributed by atoms with Crippen molar-refractivity contribution in [1.29, 1.82) is 0 Å². The summed E-state index contributed by atoms with van der Waals surface area (Å²) in [4.78, 5) is 23.6. The first-order chi connectivity index (χ1) is 14.3. The number of sulfonamides is 1. The Morgan fingerprint density at radius 2 is 1.53 bits per heavy atom. The zero-order valence-corrected chi connectivity index (χ0v) is 17.8. The number of carbonyl (C=O) groups is 2. The Hall–Kier alpha value is -2.82. The summed E-state index contributed by atoms with van der Waals surface area (Å²) in [5.74, 6) is -0.274. The molecule has 0 saturated heterocycles. The molecule has 0 aliphatic rings. The molecule has 0 unspecified atom stereocenters. The van der Waals surface area contributed by atoms with Crippen LogP contribution in [0.3, 0.4) is 0 Å². The quantitative estimate of drug-likeness (QED) is 0.468. The molecule has 0 aliphatic heterocycles. The van der Waals surface area contributed by atoms with Crippen LogP contribution in [0.5, 0.6) is 11.5 Å². The summed E-state index contributed by atoms with van der Waals surface area (Å²) in [5.41, 5.74) is 4.38. The molecule has 0 fully saturated rings. The van der Waals surface area contributed by atoms with E-state index in [0.717, 1.165) is 0 Å². The Bertz CT molecular complexity index is 984. The molecular weight excluding hydrogens is 434 g/mol. The second-order valence-corrected chi connectivity index (χ2v) is 7.99. The summed E-state index contributed by atoms with van der Waals surface area (Å²) in [6, 6.07) is 12.8. The van der Waals surface area contributed by atoms with Crippen molar-refractivity contribution < 1.29 is 27.5 Å². The molecule has 2 aromatic carbocycles. The van der Waals surface area contributed by atoms with Crippen LogP contribution >= 0.6 is 11.6 Å². The van der Waals surface area contributed by atoms with E-state index in [1.807, 2.05) is 6.92 Å². The molecule has 162 valence electrons. The third-order valence-corrected chi connectivity index (χ3v) is 5.58. The fourth-order valence-electron chi connectivity index (χ4n) is 2.26. The van der Waals surface area contributed by atoms with Gasteiger partial charge in [0, 0.05) is 13.0 Å². The van der Waals surface area contributed by atoms with Crippen molar-refractivity contribution >= 4 is 33.4 Å². The van der Waals surface area contributed by atoms with Crippen LogP contribution in [0.25, 0.3) is 0 Å². The Labute approximate surface area is 179 Å². The summed E-state index contributed by atoms with van der Waals surface area (Å²) in [7, 11) is -3.85. The van der Waals surface area contributed by atoms with E-state index in [1.165, 1.54) is 18.2 Å². The Balaban J connectivity index is 1.72. The minimum atomic E-state index is -3.85. The molecule has 30 heavy (non-hydrogen) atoms. The van der Waals surface area contributed by atoms with Gasteiger partial charge in [0.15, 0.2) is 18.1 Å². The summed E-state index contributed by atoms with van der Waals surface area (Å²) in [6.45, 7) is 1.76. The van der Waals surface area contributed by atoms with Gasteiger partial charge in [-0.15, -0.1) is 0 Å². The number of amides is 2. The Morgan fingerprint density at radius 3 is 2.20 bits per heavy atom. The van der Waals surface area contributed by atoms with Crippen LogP contribution in [0.15, 0.2) is 53.4 Å². The highest BCUT2D eigenvalue weighted by Gasteiger charge is 2.17. The lowest BCUT2D eigenvalue weighted by molar-refractivity contribution is -0.129. The van der Waals surface area contributed by atoms with Gasteiger partial charge in [-0.3, -0.25) is 20.4 Å². The van der Waals surface area contributed by atoms with Gasteiger partial charge in [-0.1, -0.05) is 35.9 Å². The molecule has 0 aliphatic carbocycles. The number of rotatable bonds is 10. The predicted octanol–water partition coefficient (Wildman–Crippen LogP) is 1.63. The number of ether oxygens (including phenoxy) is 2. The van der Waals surface area contributed by atoms with E-state index in [-0.39, 0.29) is 29.5 Å². The van der Waals surface area contributed by atoms with E-state index >= 15 is 0 Å². The topological polar surface area (TPSA) is 123 Å². The molecule has 2 rings (SSSR count). The van der Waals surface area contributed by atoms with E-state index in [9.17, 15) is 18.0 Å². The van der Waals surface area contributed by atoms with Gasteiger partial charge in [-0.25, -0.2) is 13.1 Å². The monoisotopic (exact) mass is 455 g/mol. The minimum Gasteiger partial charge on any atom is -0.490 e. The summed E-state index contributed by atoms with van der Waals surface area (Å²) in [5, 5.41) is 0.0765. The maximum Gasteiger partial charge on any atom is 0.276 e. The van der Waals surface area contributed by atoms with Gasteiger partial charge in [0.2, 0.25) is 15.9 Å². The lowest BCUT2D eigenvalue weighted by Gasteiger charge is -2.12. The average Bonchev–Trinajstić information content (AvgIpc) is 2.72. The van der Waals surface area contributed by atoms with E-state index in [2.05, 4.69) is 15.6 Å². The van der Waals surface area contributed by atoms with Crippen molar-refractivity contribution in [3.8, 4) is 11.5 Å². The predicted molar refractivity (Wildman–Crippen MR) is 111 cm³/mol. The number of benzene rings is 2. The van der Waals surface area contributed by atoms with Gasteiger partial charge < -0.3 is 9.47 Å². The first-order valence-corrected chi connectivity index (χ1v) is 10.9. The molecule has 0 spiro atoms. The third kappa shape index (κ3) is 7.21. The van der Waals surface area contributed by atoms with E-state index in [0.29, 0.717) is 18.1 Å². The number of hydrazine groups is 1. The Morgan fingerprint density at radius 1 is 0.933 bits per heavy atom. The molecular formula is C19H22ClN3O6S. The lowest BCUT2D eigenvalue weighted by atomic mass is 10.3. The van der Waals surface area contributed by atoms with Gasteiger partial charge in [0.25, 0.3) is 5.91 Å². The fraction of sp³-hybridized carbons (Fsp3) is 0.263. The van der Waals surface area contributed by atoms with Crippen molar-refractivity contribution in [2.45, 2.75) is 18.2 Å². The normalized spacial score (nSPS) is 10.9. The highest BCUT2D eigenvalue weighted by atomic mass is 35.5. The number of hydrogen-bond acceptors (Lipinski definition) is 6. The van der Waals surface area contributed by atoms with E-state index in [1.54, 1.807) is 30.3 Å². The largest absolute Gasteiger partial charge is 0.490 e. The molecule has 0 atom stereocenters. The highest BCUT2D eigenvalue weighted by Crippen LogP contribution is 2.26. The molecule has 0 heterocycles. The molecule has 0 saturated carbocycles. The first kappa shape index (κ1) is 23.5. The highest BCUT2D eigenvalue weighted by molar-refractivity contribution is 7.89. The maximum absolute atomic E-state index is 12.2. The van der Waals surface area contributed by atoms with Crippen LogP contribution < -0.4 is 25.0 Å². The van der Waals surface area contributed by atoms with Crippen LogP contribution in [-0.2, 0) is 19.6 Å². The number of hydrogen-bond donors (Lipinski definition) is 3. The number of nitrogens with one attached hydrogen (secondary N) is 3. The van der Waals surface area contributed by atoms with Crippen molar-refractivity contribution in [1.82, 2.24) is 15.6 Å². The average molecular weight is 456 g/mol. The van der Waals surface area contributed by atoms with Crippen molar-refractivity contribution in [3.05, 3.63) is 53.6 Å². The molecule has 0 aromatic heterocycles. The van der Waals surface area contributed by atoms with Crippen LogP contribution in [0.2, 0.25) is 5.02 Å². The van der Waals surface area contributed by atoms with Gasteiger partial charge in [-0.05, 0) is 31.2 Å². The van der Waals surface area contributed by atoms with Crippen LogP contribution in [0.4, 0.5) is 0 Å². The second kappa shape index (κ2) is 11.4. The maximum atomic E-state index is 12.2. The van der Waals surface area contributed by atoms with Crippen molar-refractivity contribution in [2.75, 3.05) is 19.8 Å². The summed E-state index contributed by atoms with van der Waals surface area (Å²) in [6.07, 6.45) is -0.196. The molecule has 2 amide bonds. The van der Waals surface area contributed by atoms with Crippen LogP contribution in [0, 0.1) is 0 Å². The number of para-hydroxylation sites is 2. The summed E-state index contributed by atoms with van der Waals surface area (Å²) >= 11 is 5.87. The minimum absolute atomic E-state index is 0.0765. The van der Waals surface area contributed by atoms with Gasteiger partial charge >= 0.3 is 0 Å². The zero-order valence-electron chi connectivity index (χ0n) is 16.2. The third-order valence-electron chi connectivity index (χ3n) is 3.62. The molecule has 9 nitrogen and oxygen atoms in total. The smallest absolute Gasteiger partial charge is 0.276 e. The molecule has 11 heteroatoms. The fourth-order valence-corrected chi connectivity index (χ4v) is 3.81. The zero-order chi connectivity index (χ0) is 22.0. The van der Waals surface area contributed by atoms with Crippen molar-refractivity contribution in [3.63, 3.8) is 0 Å². The summed E-state index contributed by atoms with van der Waals surface area (Å²) < 4.78 is 37.4. The van der Waals surface area contributed by atoms with Crippen molar-refractivity contribution in [2.24, 2.45) is 0 Å². The number of halogens is 1. The van der Waals surface area contributed by atoms with E-state index < -0.39 is 21.8 Å². The van der Waals surface area contributed by atoms with Gasteiger partial charge in [-0.2, -0.15) is 0 Å². The number of carbonyl (C=O) groups excluding carboxylic acids is 2. The lowest BCUT2D eigenvalue weighted by Crippen LogP contribution is -2.44. The molecule has 0 radical (unpaired) electrons. The first-order valence-electron chi connectivity index (χ1n) is 9.00. The van der Waals surface area contributed by atoms with Gasteiger partial charge in [0.05, 0.1) is 11.6 Å². The molecule has 2 aromatic rings. The van der Waals surface area contributed by atoms with E-state index in [4.69, 9.17) is 21.1 Å². The Kier molecular flexibility index (Phi) is 8.90. The molecule has 0 bridgehead atoms. The van der Waals surface area contributed by atoms with Gasteiger partial charge in [0.1, 0.15) is 4.90 Å². The standard InChI is InChI=1S/C19H22ClN3O6S/c1-2-28-15-8-4-5-9-16(15)29-13-19(25)23-22-18(24)11-12-21-30(26,27)17-10-6-3-7-14(17)20/h3-10,21H,2,11-13H2,1H3,(H,22,24)(H,23,25). The molecule has 3 N–H and O–H groups in total. The van der Waals surface area contributed by atoms with Crippen LogP contribution in [0.1, 0.15) is 13.3 Å². The second-order valence-electron chi connectivity index (χ2n) is 5.84. The van der Waals surface area contributed by atoms with Crippen LogP contribution in [-0.4, -0.2) is 40.0 Å².